The lowest BCUT2D eigenvalue weighted by Gasteiger charge is -2.12. The van der Waals surface area contributed by atoms with E-state index in [9.17, 15) is 0 Å². The van der Waals surface area contributed by atoms with Crippen molar-refractivity contribution < 1.29 is 0 Å². The summed E-state index contributed by atoms with van der Waals surface area (Å²) in [5.74, 6) is 0. The maximum absolute atomic E-state index is 6.92. The summed E-state index contributed by atoms with van der Waals surface area (Å²) in [6, 6.07) is 65.8. The van der Waals surface area contributed by atoms with Crippen LogP contribution in [0.1, 0.15) is 22.3 Å². The van der Waals surface area contributed by atoms with Crippen molar-refractivity contribution in [3.8, 4) is 33.6 Å². The fourth-order valence-corrected chi connectivity index (χ4v) is 8.83. The molecule has 0 spiro atoms. The Bertz CT molecular complexity index is 3140. The van der Waals surface area contributed by atoms with Crippen LogP contribution in [0.15, 0.2) is 182 Å². The lowest BCUT2D eigenvalue weighted by atomic mass is 9.99. The van der Waals surface area contributed by atoms with Crippen molar-refractivity contribution >= 4 is 55.4 Å². The number of nitrogens with two attached hydrogens (primary N) is 1. The third-order valence-electron chi connectivity index (χ3n) is 11.3. The van der Waals surface area contributed by atoms with E-state index in [4.69, 9.17) is 5.73 Å². The standard InChI is InChI=1S/C51H35N3/c52-47(32-36-13-11-21-41-40-18-5-4-12-35(40)31-44(36)41)37-14-10-17-39(28-37)54-49-23-9-7-20-43(49)46-30-34(25-27-51(46)54)33-24-26-50-45(29-33)42-19-6-8-22-48(42)53(50)38-15-2-1-3-16-38/h1-30,32H,31,52H2/b47-32-. The summed E-state index contributed by atoms with van der Waals surface area (Å²) in [7, 11) is 0. The van der Waals surface area contributed by atoms with Crippen LogP contribution in [-0.2, 0) is 6.42 Å². The second-order valence-electron chi connectivity index (χ2n) is 14.4. The molecule has 8 aromatic carbocycles. The first-order valence-corrected chi connectivity index (χ1v) is 18.6. The molecule has 2 N–H and O–H groups in total. The van der Waals surface area contributed by atoms with Gasteiger partial charge in [0.25, 0.3) is 0 Å². The molecular weight excluding hydrogens is 655 g/mol. The number of benzene rings is 8. The Kier molecular flexibility index (Phi) is 6.77. The van der Waals surface area contributed by atoms with Gasteiger partial charge in [0.05, 0.1) is 22.1 Å². The molecule has 1 aliphatic carbocycles. The van der Waals surface area contributed by atoms with E-state index in [1.807, 2.05) is 0 Å². The predicted octanol–water partition coefficient (Wildman–Crippen LogP) is 12.6. The van der Waals surface area contributed by atoms with Crippen LogP contribution in [-0.4, -0.2) is 9.13 Å². The molecule has 0 saturated heterocycles. The third kappa shape index (κ3) is 4.69. The fraction of sp³-hybridized carbons (Fsp3) is 0.0196. The Balaban J connectivity index is 1.01. The van der Waals surface area contributed by atoms with Gasteiger partial charge < -0.3 is 14.9 Å². The molecule has 0 saturated carbocycles. The first-order valence-electron chi connectivity index (χ1n) is 18.6. The van der Waals surface area contributed by atoms with E-state index in [1.165, 1.54) is 88.2 Å². The van der Waals surface area contributed by atoms with Gasteiger partial charge in [-0.05, 0) is 118 Å². The first-order chi connectivity index (χ1) is 26.7. The molecule has 0 amide bonds. The van der Waals surface area contributed by atoms with Crippen LogP contribution >= 0.6 is 0 Å². The van der Waals surface area contributed by atoms with E-state index in [-0.39, 0.29) is 0 Å². The number of nitrogens with zero attached hydrogens (tertiary/aromatic N) is 2. The van der Waals surface area contributed by atoms with Crippen molar-refractivity contribution in [1.82, 2.24) is 9.13 Å². The molecule has 0 aliphatic heterocycles. The Morgan fingerprint density at radius 1 is 0.444 bits per heavy atom. The molecular formula is C51H35N3. The van der Waals surface area contributed by atoms with E-state index < -0.39 is 0 Å². The fourth-order valence-electron chi connectivity index (χ4n) is 8.83. The van der Waals surface area contributed by atoms with Crippen molar-refractivity contribution in [2.24, 2.45) is 5.73 Å². The Morgan fingerprint density at radius 3 is 1.72 bits per heavy atom. The zero-order valence-electron chi connectivity index (χ0n) is 29.6. The minimum Gasteiger partial charge on any atom is -0.398 e. The molecule has 10 aromatic rings. The topological polar surface area (TPSA) is 35.9 Å². The van der Waals surface area contributed by atoms with E-state index in [0.717, 1.165) is 23.4 Å². The third-order valence-corrected chi connectivity index (χ3v) is 11.3. The minimum absolute atomic E-state index is 0.758. The highest BCUT2D eigenvalue weighted by molar-refractivity contribution is 6.12. The predicted molar refractivity (Wildman–Crippen MR) is 227 cm³/mol. The van der Waals surface area contributed by atoms with Gasteiger partial charge in [-0.1, -0.05) is 121 Å². The molecule has 0 atom stereocenters. The van der Waals surface area contributed by atoms with E-state index in [2.05, 4.69) is 197 Å². The summed E-state index contributed by atoms with van der Waals surface area (Å²) >= 11 is 0. The summed E-state index contributed by atoms with van der Waals surface area (Å²) in [5, 5.41) is 4.96. The number of aromatic nitrogens is 2. The average molecular weight is 690 g/mol. The molecule has 0 bridgehead atoms. The highest BCUT2D eigenvalue weighted by Gasteiger charge is 2.20. The Morgan fingerprint density at radius 2 is 1.00 bits per heavy atom. The molecule has 0 radical (unpaired) electrons. The van der Waals surface area contributed by atoms with Gasteiger partial charge in [-0.3, -0.25) is 0 Å². The van der Waals surface area contributed by atoms with Gasteiger partial charge in [-0.25, -0.2) is 0 Å². The van der Waals surface area contributed by atoms with Crippen molar-refractivity contribution in [3.05, 3.63) is 204 Å². The van der Waals surface area contributed by atoms with Gasteiger partial charge in [0.2, 0.25) is 0 Å². The van der Waals surface area contributed by atoms with Crippen LogP contribution in [0, 0.1) is 0 Å². The van der Waals surface area contributed by atoms with E-state index in [1.54, 1.807) is 0 Å². The average Bonchev–Trinajstić information content (AvgIpc) is 3.89. The van der Waals surface area contributed by atoms with Crippen LogP contribution < -0.4 is 5.73 Å². The van der Waals surface area contributed by atoms with Crippen LogP contribution in [0.2, 0.25) is 0 Å². The van der Waals surface area contributed by atoms with Gasteiger partial charge >= 0.3 is 0 Å². The highest BCUT2D eigenvalue weighted by atomic mass is 15.0. The summed E-state index contributed by atoms with van der Waals surface area (Å²) in [6.07, 6.45) is 3.08. The van der Waals surface area contributed by atoms with Crippen molar-refractivity contribution in [1.29, 1.82) is 0 Å². The van der Waals surface area contributed by atoms with Crippen LogP contribution in [0.3, 0.4) is 0 Å². The zero-order chi connectivity index (χ0) is 35.8. The number of fused-ring (bicyclic) bond motifs is 9. The monoisotopic (exact) mass is 689 g/mol. The smallest absolute Gasteiger partial charge is 0.0541 e. The van der Waals surface area contributed by atoms with Gasteiger partial charge in [0, 0.05) is 38.6 Å². The van der Waals surface area contributed by atoms with Crippen LogP contribution in [0.5, 0.6) is 0 Å². The van der Waals surface area contributed by atoms with E-state index >= 15 is 0 Å². The van der Waals surface area contributed by atoms with Crippen LogP contribution in [0.25, 0.3) is 89.0 Å². The quantitative estimate of drug-likeness (QED) is 0.179. The number of rotatable bonds is 5. The van der Waals surface area contributed by atoms with Gasteiger partial charge in [-0.2, -0.15) is 0 Å². The van der Waals surface area contributed by atoms with Crippen LogP contribution in [0.4, 0.5) is 0 Å². The van der Waals surface area contributed by atoms with Gasteiger partial charge in [-0.15, -0.1) is 0 Å². The summed E-state index contributed by atoms with van der Waals surface area (Å²) in [6.45, 7) is 0. The molecule has 2 heterocycles. The minimum atomic E-state index is 0.758. The van der Waals surface area contributed by atoms with Crippen molar-refractivity contribution in [3.63, 3.8) is 0 Å². The highest BCUT2D eigenvalue weighted by Crippen LogP contribution is 2.40. The molecule has 3 heteroatoms. The molecule has 54 heavy (non-hydrogen) atoms. The molecule has 0 fully saturated rings. The van der Waals surface area contributed by atoms with Gasteiger partial charge in [0.15, 0.2) is 0 Å². The number of para-hydroxylation sites is 3. The normalized spacial score (nSPS) is 12.6. The molecule has 0 unspecified atom stereocenters. The summed E-state index contributed by atoms with van der Waals surface area (Å²) < 4.78 is 4.74. The molecule has 2 aromatic heterocycles. The SMILES string of the molecule is N/C(=C\c1cccc2c1Cc1ccccc1-2)c1cccc(-n2c3ccccc3c3cc(-c4ccc5c(c4)c4ccccc4n5-c4ccccc4)ccc32)c1. The van der Waals surface area contributed by atoms with Crippen molar-refractivity contribution in [2.45, 2.75) is 6.42 Å². The molecule has 1 aliphatic rings. The van der Waals surface area contributed by atoms with E-state index in [0.29, 0.717) is 0 Å². The molecule has 11 rings (SSSR count). The lowest BCUT2D eigenvalue weighted by Crippen LogP contribution is -2.00. The number of hydrogen-bond acceptors (Lipinski definition) is 1. The summed E-state index contributed by atoms with van der Waals surface area (Å²) in [5.41, 5.74) is 24.6. The molecule has 254 valence electrons. The maximum atomic E-state index is 6.92. The second-order valence-corrected chi connectivity index (χ2v) is 14.4. The second kappa shape index (κ2) is 12.0. The Hall–Kier alpha value is -7.10. The van der Waals surface area contributed by atoms with Crippen molar-refractivity contribution in [2.75, 3.05) is 0 Å². The first kappa shape index (κ1) is 30.5. The van der Waals surface area contributed by atoms with Gasteiger partial charge in [0.1, 0.15) is 0 Å². The number of hydrogen-bond donors (Lipinski definition) is 1. The maximum Gasteiger partial charge on any atom is 0.0541 e. The lowest BCUT2D eigenvalue weighted by molar-refractivity contribution is 1.18. The Labute approximate surface area is 313 Å². The summed E-state index contributed by atoms with van der Waals surface area (Å²) in [4.78, 5) is 0. The largest absolute Gasteiger partial charge is 0.398 e. The molecule has 3 nitrogen and oxygen atoms in total. The zero-order valence-corrected chi connectivity index (χ0v) is 29.6.